The first kappa shape index (κ1) is 30.9. The molecule has 0 saturated heterocycles. The molecule has 0 radical (unpaired) electrons. The molecule has 2 aliphatic rings. The molecule has 6 aromatic carbocycles. The zero-order valence-corrected chi connectivity index (χ0v) is 28.9. The van der Waals surface area contributed by atoms with Crippen molar-refractivity contribution in [3.05, 3.63) is 199 Å². The molecule has 7 aromatic rings. The summed E-state index contributed by atoms with van der Waals surface area (Å²) in [5, 5.41) is 2.52. The Morgan fingerprint density at radius 2 is 1.24 bits per heavy atom. The van der Waals surface area contributed by atoms with Gasteiger partial charge in [-0.25, -0.2) is 0 Å². The molecule has 9 rings (SSSR count). The highest BCUT2D eigenvalue weighted by atomic mass is 15.2. The van der Waals surface area contributed by atoms with Gasteiger partial charge >= 0.3 is 0 Å². The Morgan fingerprint density at radius 1 is 0.569 bits per heavy atom. The van der Waals surface area contributed by atoms with Crippen LogP contribution in [0.15, 0.2) is 188 Å². The monoisotopic (exact) mass is 656 g/mol. The summed E-state index contributed by atoms with van der Waals surface area (Å²) in [6, 6.07) is 55.5. The molecule has 246 valence electrons. The Labute approximate surface area is 300 Å². The SMILES string of the molecule is CC1CC=CC=C1c1ccc(C2=CCC(N(c3ccccc3)c3ccc4c5ccccc5n(-c5ccc(-c6ccccc6)cc5)c4c3)C=C2)cc1. The van der Waals surface area contributed by atoms with E-state index in [1.54, 1.807) is 0 Å². The third-order valence-electron chi connectivity index (χ3n) is 10.6. The fraction of sp³-hybridized carbons (Fsp3) is 0.102. The lowest BCUT2D eigenvalue weighted by Crippen LogP contribution is -2.30. The van der Waals surface area contributed by atoms with E-state index in [0.717, 1.165) is 18.5 Å². The van der Waals surface area contributed by atoms with Crippen LogP contribution in [0.25, 0.3) is 49.8 Å². The van der Waals surface area contributed by atoms with Gasteiger partial charge < -0.3 is 9.47 Å². The summed E-state index contributed by atoms with van der Waals surface area (Å²) >= 11 is 0. The highest BCUT2D eigenvalue weighted by Crippen LogP contribution is 2.39. The Morgan fingerprint density at radius 3 is 1.98 bits per heavy atom. The number of fused-ring (bicyclic) bond motifs is 3. The second-order valence-electron chi connectivity index (χ2n) is 13.8. The largest absolute Gasteiger partial charge is 0.334 e. The van der Waals surface area contributed by atoms with E-state index in [0.29, 0.717) is 5.92 Å². The van der Waals surface area contributed by atoms with Crippen molar-refractivity contribution in [3.63, 3.8) is 0 Å². The highest BCUT2D eigenvalue weighted by Gasteiger charge is 2.23. The third kappa shape index (κ3) is 5.83. The summed E-state index contributed by atoms with van der Waals surface area (Å²) in [7, 11) is 0. The first-order valence-electron chi connectivity index (χ1n) is 18.1. The van der Waals surface area contributed by atoms with Gasteiger partial charge in [0.05, 0.1) is 17.1 Å². The fourth-order valence-electron chi connectivity index (χ4n) is 7.94. The minimum atomic E-state index is 0.177. The summed E-state index contributed by atoms with van der Waals surface area (Å²) in [5.74, 6) is 0.556. The smallest absolute Gasteiger partial charge is 0.0561 e. The molecule has 0 fully saturated rings. The van der Waals surface area contributed by atoms with E-state index >= 15 is 0 Å². The number of rotatable bonds is 7. The van der Waals surface area contributed by atoms with Crippen LogP contribution >= 0.6 is 0 Å². The summed E-state index contributed by atoms with van der Waals surface area (Å²) in [6.07, 6.45) is 15.8. The maximum atomic E-state index is 2.50. The average Bonchev–Trinajstić information content (AvgIpc) is 3.53. The van der Waals surface area contributed by atoms with Crippen molar-refractivity contribution >= 4 is 44.3 Å². The molecule has 1 aromatic heterocycles. The molecule has 2 aliphatic carbocycles. The van der Waals surface area contributed by atoms with E-state index in [-0.39, 0.29) is 6.04 Å². The minimum Gasteiger partial charge on any atom is -0.334 e. The van der Waals surface area contributed by atoms with Crippen molar-refractivity contribution < 1.29 is 0 Å². The Balaban J connectivity index is 1.08. The van der Waals surface area contributed by atoms with Crippen LogP contribution < -0.4 is 4.90 Å². The van der Waals surface area contributed by atoms with Gasteiger partial charge in [0.1, 0.15) is 0 Å². The Hall–Kier alpha value is -6.12. The second-order valence-corrected chi connectivity index (χ2v) is 13.8. The van der Waals surface area contributed by atoms with E-state index in [9.17, 15) is 0 Å². The molecule has 0 bridgehead atoms. The van der Waals surface area contributed by atoms with Crippen molar-refractivity contribution in [1.82, 2.24) is 4.57 Å². The van der Waals surface area contributed by atoms with Crippen LogP contribution in [0.4, 0.5) is 11.4 Å². The van der Waals surface area contributed by atoms with Crippen LogP contribution in [-0.2, 0) is 0 Å². The molecule has 51 heavy (non-hydrogen) atoms. The zero-order chi connectivity index (χ0) is 34.1. The van der Waals surface area contributed by atoms with Gasteiger partial charge in [0.25, 0.3) is 0 Å². The van der Waals surface area contributed by atoms with Crippen molar-refractivity contribution in [3.8, 4) is 16.8 Å². The number of hydrogen-bond acceptors (Lipinski definition) is 1. The summed E-state index contributed by atoms with van der Waals surface area (Å²) in [4.78, 5) is 2.50. The van der Waals surface area contributed by atoms with Gasteiger partial charge in [-0.15, -0.1) is 0 Å². The quantitative estimate of drug-likeness (QED) is 0.166. The van der Waals surface area contributed by atoms with E-state index in [1.807, 2.05) is 0 Å². The Bertz CT molecular complexity index is 2460. The van der Waals surface area contributed by atoms with Crippen molar-refractivity contribution in [2.24, 2.45) is 5.92 Å². The highest BCUT2D eigenvalue weighted by molar-refractivity contribution is 6.10. The first-order valence-corrected chi connectivity index (χ1v) is 18.1. The molecule has 2 heteroatoms. The molecule has 1 heterocycles. The molecule has 0 aliphatic heterocycles. The van der Waals surface area contributed by atoms with Gasteiger partial charge in [0, 0.05) is 27.8 Å². The van der Waals surface area contributed by atoms with Crippen LogP contribution in [0.1, 0.15) is 30.9 Å². The lowest BCUT2D eigenvalue weighted by atomic mass is 9.87. The van der Waals surface area contributed by atoms with Crippen LogP contribution in [0.3, 0.4) is 0 Å². The zero-order valence-electron chi connectivity index (χ0n) is 28.9. The van der Waals surface area contributed by atoms with Crippen LogP contribution in [0.5, 0.6) is 0 Å². The second kappa shape index (κ2) is 13.3. The predicted octanol–water partition coefficient (Wildman–Crippen LogP) is 13.0. The fourth-order valence-corrected chi connectivity index (χ4v) is 7.94. The molecule has 0 saturated carbocycles. The van der Waals surface area contributed by atoms with Crippen molar-refractivity contribution in [2.75, 3.05) is 4.90 Å². The molecule has 0 spiro atoms. The number of para-hydroxylation sites is 2. The first-order chi connectivity index (χ1) is 25.2. The summed E-state index contributed by atoms with van der Waals surface area (Å²) < 4.78 is 2.42. The van der Waals surface area contributed by atoms with Crippen LogP contribution in [-0.4, -0.2) is 10.6 Å². The molecule has 2 unspecified atom stereocenters. The lowest BCUT2D eigenvalue weighted by molar-refractivity contribution is 0.758. The molecule has 0 amide bonds. The summed E-state index contributed by atoms with van der Waals surface area (Å²) in [5.41, 5.74) is 13.7. The van der Waals surface area contributed by atoms with Crippen molar-refractivity contribution in [1.29, 1.82) is 0 Å². The topological polar surface area (TPSA) is 8.17 Å². The van der Waals surface area contributed by atoms with Gasteiger partial charge in [0.2, 0.25) is 0 Å². The average molecular weight is 657 g/mol. The molecule has 2 atom stereocenters. The number of hydrogen-bond donors (Lipinski definition) is 0. The third-order valence-corrected chi connectivity index (χ3v) is 10.6. The number of nitrogens with zero attached hydrogens (tertiary/aromatic N) is 2. The van der Waals surface area contributed by atoms with Crippen LogP contribution in [0, 0.1) is 5.92 Å². The number of allylic oxidation sites excluding steroid dienone is 6. The van der Waals surface area contributed by atoms with E-state index in [2.05, 4.69) is 205 Å². The standard InChI is InChI=1S/C49H40N2/c1-35-12-8-9-17-45(35)40-22-20-37(21-23-40)39-24-28-42(29-25-39)50(41-15-6-3-7-16-41)44-32-33-47-46-18-10-11-19-48(46)51(49(47)34-44)43-30-26-38(27-31-43)36-13-4-2-5-14-36/h2-11,13-28,30-35,42H,12,29H2,1H3. The van der Waals surface area contributed by atoms with E-state index in [1.165, 1.54) is 66.6 Å². The molecule has 2 nitrogen and oxygen atoms in total. The van der Waals surface area contributed by atoms with E-state index < -0.39 is 0 Å². The molecular formula is C49H40N2. The summed E-state index contributed by atoms with van der Waals surface area (Å²) in [6.45, 7) is 2.31. The van der Waals surface area contributed by atoms with Crippen LogP contribution in [0.2, 0.25) is 0 Å². The normalized spacial score (nSPS) is 17.0. The Kier molecular flexibility index (Phi) is 8.06. The number of benzene rings is 6. The number of anilines is 2. The maximum absolute atomic E-state index is 2.50. The maximum Gasteiger partial charge on any atom is 0.0561 e. The lowest BCUT2D eigenvalue weighted by Gasteiger charge is -2.33. The van der Waals surface area contributed by atoms with Gasteiger partial charge in [-0.05, 0) is 94.6 Å². The van der Waals surface area contributed by atoms with Gasteiger partial charge in [-0.3, -0.25) is 0 Å². The molecular weight excluding hydrogens is 617 g/mol. The van der Waals surface area contributed by atoms with E-state index in [4.69, 9.17) is 0 Å². The minimum absolute atomic E-state index is 0.177. The van der Waals surface area contributed by atoms with Gasteiger partial charge in [-0.1, -0.05) is 153 Å². The predicted molar refractivity (Wildman–Crippen MR) is 218 cm³/mol. The van der Waals surface area contributed by atoms with Gasteiger partial charge in [0.15, 0.2) is 0 Å². The number of aromatic nitrogens is 1. The van der Waals surface area contributed by atoms with Crippen molar-refractivity contribution in [2.45, 2.75) is 25.8 Å². The molecule has 0 N–H and O–H groups in total. The van der Waals surface area contributed by atoms with Gasteiger partial charge in [-0.2, -0.15) is 0 Å².